The van der Waals surface area contributed by atoms with Crippen LogP contribution in [0.25, 0.3) is 11.0 Å². The van der Waals surface area contributed by atoms with Crippen molar-refractivity contribution < 1.29 is 9.90 Å². The number of pyridine rings is 1. The number of aromatic amines is 1. The van der Waals surface area contributed by atoms with Gasteiger partial charge in [0.25, 0.3) is 0 Å². The Bertz CT molecular complexity index is 643. The standard InChI is InChI=1S/C14H18N4O2.Li/c1-9-3-2-4-18(7-9)8-10-5-11(14(19)20)16-12-6-15-17-13(10)12;/h5-6,9H,2-4,7-8H2,1H3,(H,15,17)(H,19,20);/t9-;/m0./s1. The largest absolute Gasteiger partial charge is 0.477 e. The summed E-state index contributed by atoms with van der Waals surface area (Å²) in [6.07, 6.45) is 4.04. The zero-order chi connectivity index (χ0) is 14.1. The summed E-state index contributed by atoms with van der Waals surface area (Å²) >= 11 is 0. The Labute approximate surface area is 135 Å². The molecular weight excluding hydrogens is 263 g/mol. The minimum Gasteiger partial charge on any atom is -0.477 e. The van der Waals surface area contributed by atoms with Crippen LogP contribution in [0, 0.1) is 5.92 Å². The van der Waals surface area contributed by atoms with Gasteiger partial charge in [0.2, 0.25) is 0 Å². The molecule has 0 spiro atoms. The van der Waals surface area contributed by atoms with E-state index in [1.54, 1.807) is 12.3 Å². The van der Waals surface area contributed by atoms with Crippen LogP contribution in [-0.4, -0.2) is 63.1 Å². The maximum Gasteiger partial charge on any atom is 0.354 e. The first kappa shape index (κ1) is 16.0. The van der Waals surface area contributed by atoms with Gasteiger partial charge in [0.1, 0.15) is 11.2 Å². The van der Waals surface area contributed by atoms with Crippen LogP contribution >= 0.6 is 0 Å². The van der Waals surface area contributed by atoms with Crippen LogP contribution in [0.1, 0.15) is 35.8 Å². The Morgan fingerprint density at radius 1 is 1.57 bits per heavy atom. The van der Waals surface area contributed by atoms with Gasteiger partial charge in [-0.15, -0.1) is 0 Å². The molecule has 3 heterocycles. The van der Waals surface area contributed by atoms with Gasteiger partial charge in [0, 0.05) is 32.0 Å². The third-order valence-corrected chi connectivity index (χ3v) is 3.85. The maximum absolute atomic E-state index is 11.2. The van der Waals surface area contributed by atoms with Crippen LogP contribution in [0.5, 0.6) is 0 Å². The molecular formula is C14H18LiN4O2. The first-order valence-corrected chi connectivity index (χ1v) is 6.92. The Balaban J connectivity index is 0.00000161. The van der Waals surface area contributed by atoms with Crippen molar-refractivity contribution in [2.75, 3.05) is 13.1 Å². The summed E-state index contributed by atoms with van der Waals surface area (Å²) in [6, 6.07) is 1.65. The number of piperidine rings is 1. The molecule has 0 bridgehead atoms. The number of nitrogens with zero attached hydrogens (tertiary/aromatic N) is 3. The summed E-state index contributed by atoms with van der Waals surface area (Å²) in [6.45, 7) is 5.12. The van der Waals surface area contributed by atoms with Gasteiger partial charge in [-0.25, -0.2) is 9.78 Å². The molecule has 2 aromatic heterocycles. The van der Waals surface area contributed by atoms with E-state index in [-0.39, 0.29) is 24.6 Å². The van der Waals surface area contributed by atoms with Gasteiger partial charge in [0.15, 0.2) is 0 Å². The normalized spacial score (nSPS) is 19.4. The van der Waals surface area contributed by atoms with Crippen molar-refractivity contribution in [3.05, 3.63) is 23.5 Å². The van der Waals surface area contributed by atoms with Gasteiger partial charge in [-0.1, -0.05) is 6.92 Å². The zero-order valence-electron chi connectivity index (χ0n) is 12.5. The van der Waals surface area contributed by atoms with Crippen LogP contribution in [0.4, 0.5) is 0 Å². The van der Waals surface area contributed by atoms with E-state index in [2.05, 4.69) is 27.0 Å². The third-order valence-electron chi connectivity index (χ3n) is 3.85. The van der Waals surface area contributed by atoms with E-state index in [4.69, 9.17) is 5.11 Å². The summed E-state index contributed by atoms with van der Waals surface area (Å²) in [5.41, 5.74) is 2.50. The first-order chi connectivity index (χ1) is 9.63. The number of H-pyrrole nitrogens is 1. The van der Waals surface area contributed by atoms with Crippen molar-refractivity contribution >= 4 is 35.9 Å². The predicted octanol–water partition coefficient (Wildman–Crippen LogP) is 1.51. The van der Waals surface area contributed by atoms with Gasteiger partial charge in [-0.2, -0.15) is 5.10 Å². The molecule has 0 amide bonds. The van der Waals surface area contributed by atoms with E-state index in [0.29, 0.717) is 11.4 Å². The van der Waals surface area contributed by atoms with Crippen molar-refractivity contribution in [2.45, 2.75) is 26.3 Å². The summed E-state index contributed by atoms with van der Waals surface area (Å²) in [5, 5.41) is 16.0. The Hall–Kier alpha value is -1.35. The monoisotopic (exact) mass is 281 g/mol. The number of hydrogen-bond acceptors (Lipinski definition) is 4. The number of hydrogen-bond donors (Lipinski definition) is 2. The van der Waals surface area contributed by atoms with E-state index in [9.17, 15) is 4.79 Å². The van der Waals surface area contributed by atoms with Crippen LogP contribution in [-0.2, 0) is 6.54 Å². The molecule has 2 aromatic rings. The number of aromatic carboxylic acids is 1. The predicted molar refractivity (Wildman–Crippen MR) is 80.3 cm³/mol. The molecule has 1 fully saturated rings. The van der Waals surface area contributed by atoms with Crippen LogP contribution < -0.4 is 0 Å². The van der Waals surface area contributed by atoms with Crippen molar-refractivity contribution in [1.82, 2.24) is 20.1 Å². The number of fused-ring (bicyclic) bond motifs is 1. The second kappa shape index (κ2) is 6.61. The van der Waals surface area contributed by atoms with E-state index >= 15 is 0 Å². The summed E-state index contributed by atoms with van der Waals surface area (Å²) in [5.74, 6) is -0.303. The number of carbonyl (C=O) groups is 1. The van der Waals surface area contributed by atoms with Gasteiger partial charge >= 0.3 is 5.97 Å². The Morgan fingerprint density at radius 3 is 3.10 bits per heavy atom. The Morgan fingerprint density at radius 2 is 2.38 bits per heavy atom. The molecule has 1 radical (unpaired) electrons. The van der Waals surface area contributed by atoms with E-state index < -0.39 is 5.97 Å². The maximum atomic E-state index is 11.2. The van der Waals surface area contributed by atoms with Gasteiger partial charge in [-0.3, -0.25) is 10.00 Å². The van der Waals surface area contributed by atoms with E-state index in [1.807, 2.05) is 0 Å². The molecule has 1 atom stereocenters. The molecule has 2 N–H and O–H groups in total. The molecule has 0 unspecified atom stereocenters. The van der Waals surface area contributed by atoms with Crippen LogP contribution in [0.3, 0.4) is 0 Å². The average molecular weight is 281 g/mol. The molecule has 21 heavy (non-hydrogen) atoms. The number of nitrogens with one attached hydrogen (secondary N) is 1. The second-order valence-electron chi connectivity index (χ2n) is 5.58. The summed E-state index contributed by atoms with van der Waals surface area (Å²) in [4.78, 5) is 17.6. The van der Waals surface area contributed by atoms with Gasteiger partial charge < -0.3 is 5.11 Å². The fraction of sp³-hybridized carbons (Fsp3) is 0.500. The molecule has 0 aliphatic carbocycles. The number of aromatic nitrogens is 3. The molecule has 1 aliphatic heterocycles. The minimum atomic E-state index is -0.999. The Kier molecular flexibility index (Phi) is 5.04. The van der Waals surface area contributed by atoms with Gasteiger partial charge in [0.05, 0.1) is 11.7 Å². The number of likely N-dealkylation sites (tertiary alicyclic amines) is 1. The quantitative estimate of drug-likeness (QED) is 0.833. The minimum absolute atomic E-state index is 0. The van der Waals surface area contributed by atoms with Crippen molar-refractivity contribution in [1.29, 1.82) is 0 Å². The third kappa shape index (κ3) is 3.46. The molecule has 0 aromatic carbocycles. The fourth-order valence-corrected chi connectivity index (χ4v) is 2.91. The number of rotatable bonds is 3. The molecule has 1 aliphatic rings. The summed E-state index contributed by atoms with van der Waals surface area (Å²) in [7, 11) is 0. The zero-order valence-corrected chi connectivity index (χ0v) is 12.5. The van der Waals surface area contributed by atoms with E-state index in [0.717, 1.165) is 30.7 Å². The summed E-state index contributed by atoms with van der Waals surface area (Å²) < 4.78 is 0. The first-order valence-electron chi connectivity index (χ1n) is 6.92. The molecule has 1 saturated heterocycles. The SMILES string of the molecule is C[C@H]1CCCN(Cc2cc(C(=O)O)nc3cn[nH]c23)C1.[Li]. The average Bonchev–Trinajstić information content (AvgIpc) is 2.87. The second-order valence-corrected chi connectivity index (χ2v) is 5.58. The van der Waals surface area contributed by atoms with Crippen LogP contribution in [0.15, 0.2) is 12.3 Å². The van der Waals surface area contributed by atoms with Crippen molar-refractivity contribution in [3.63, 3.8) is 0 Å². The number of carboxylic acids is 1. The van der Waals surface area contributed by atoms with Gasteiger partial charge in [-0.05, 0) is 36.9 Å². The molecule has 0 saturated carbocycles. The van der Waals surface area contributed by atoms with E-state index in [1.165, 1.54) is 12.8 Å². The van der Waals surface area contributed by atoms with Crippen LogP contribution in [0.2, 0.25) is 0 Å². The molecule has 6 nitrogen and oxygen atoms in total. The smallest absolute Gasteiger partial charge is 0.354 e. The van der Waals surface area contributed by atoms with Crippen molar-refractivity contribution in [3.8, 4) is 0 Å². The van der Waals surface area contributed by atoms with Crippen molar-refractivity contribution in [2.24, 2.45) is 5.92 Å². The molecule has 107 valence electrons. The molecule has 3 rings (SSSR count). The topological polar surface area (TPSA) is 82.1 Å². The number of carboxylic acid groups (broad SMARTS) is 1. The fourth-order valence-electron chi connectivity index (χ4n) is 2.91. The molecule has 7 heteroatoms.